The average molecular weight is 393 g/mol. The third kappa shape index (κ3) is 2.77. The Balaban J connectivity index is 2.23. The second-order valence-corrected chi connectivity index (χ2v) is 6.54. The molecular formula is C18H15BrClNO2. The molecule has 0 aliphatic rings. The molecule has 2 aromatic heterocycles. The Morgan fingerprint density at radius 3 is 2.78 bits per heavy atom. The topological polar surface area (TPSA) is 41.7 Å². The summed E-state index contributed by atoms with van der Waals surface area (Å²) < 4.78 is 2.85. The van der Waals surface area contributed by atoms with Gasteiger partial charge in [-0.1, -0.05) is 31.0 Å². The standard InChI is InChI=1S/C18H15BrClNO2/c1-2-5-12-16(19)14-6-3-4-9-21(14)17(12)18(23)11-7-8-15(22)13(20)10-11/h3-4,6-10,22H,2,5H2,1H3. The molecule has 0 saturated heterocycles. The van der Waals surface area contributed by atoms with Gasteiger partial charge in [0.25, 0.3) is 0 Å². The van der Waals surface area contributed by atoms with Crippen LogP contribution in [-0.2, 0) is 6.42 Å². The van der Waals surface area contributed by atoms with Crippen molar-refractivity contribution in [2.24, 2.45) is 0 Å². The van der Waals surface area contributed by atoms with Crippen LogP contribution in [0.1, 0.15) is 35.0 Å². The van der Waals surface area contributed by atoms with Crippen LogP contribution in [0.15, 0.2) is 47.1 Å². The lowest BCUT2D eigenvalue weighted by molar-refractivity contribution is 0.103. The van der Waals surface area contributed by atoms with Crippen molar-refractivity contribution in [3.05, 3.63) is 68.9 Å². The summed E-state index contributed by atoms with van der Waals surface area (Å²) in [6, 6.07) is 10.4. The van der Waals surface area contributed by atoms with Gasteiger partial charge in [0.15, 0.2) is 0 Å². The number of aromatic nitrogens is 1. The molecule has 23 heavy (non-hydrogen) atoms. The van der Waals surface area contributed by atoms with Gasteiger partial charge in [0.2, 0.25) is 5.78 Å². The van der Waals surface area contributed by atoms with Gasteiger partial charge in [-0.15, -0.1) is 0 Å². The lowest BCUT2D eigenvalue weighted by Gasteiger charge is -2.07. The molecule has 1 N–H and O–H groups in total. The van der Waals surface area contributed by atoms with Crippen molar-refractivity contribution in [2.75, 3.05) is 0 Å². The number of fused-ring (bicyclic) bond motifs is 1. The number of carbonyl (C=O) groups excluding carboxylic acids is 1. The second kappa shape index (κ2) is 6.38. The molecule has 0 aliphatic carbocycles. The van der Waals surface area contributed by atoms with E-state index in [2.05, 4.69) is 22.9 Å². The van der Waals surface area contributed by atoms with Gasteiger partial charge in [0.1, 0.15) is 5.75 Å². The second-order valence-electron chi connectivity index (χ2n) is 5.34. The highest BCUT2D eigenvalue weighted by Gasteiger charge is 2.22. The van der Waals surface area contributed by atoms with E-state index in [1.54, 1.807) is 6.07 Å². The van der Waals surface area contributed by atoms with Gasteiger partial charge in [-0.25, -0.2) is 0 Å². The monoisotopic (exact) mass is 391 g/mol. The van der Waals surface area contributed by atoms with Crippen molar-refractivity contribution < 1.29 is 9.90 Å². The van der Waals surface area contributed by atoms with E-state index < -0.39 is 0 Å². The summed E-state index contributed by atoms with van der Waals surface area (Å²) in [5.41, 5.74) is 3.05. The Hall–Kier alpha value is -1.78. The first-order valence-electron chi connectivity index (χ1n) is 7.35. The number of aromatic hydroxyl groups is 1. The van der Waals surface area contributed by atoms with Crippen LogP contribution in [0.25, 0.3) is 5.52 Å². The van der Waals surface area contributed by atoms with Crippen molar-refractivity contribution in [3.63, 3.8) is 0 Å². The Bertz CT molecular complexity index is 901. The third-order valence-electron chi connectivity index (χ3n) is 3.80. The fraction of sp³-hybridized carbons (Fsp3) is 0.167. The summed E-state index contributed by atoms with van der Waals surface area (Å²) in [5, 5.41) is 9.73. The maximum atomic E-state index is 13.1. The SMILES string of the molecule is CCCc1c(Br)c2ccccn2c1C(=O)c1ccc(O)c(Cl)c1. The predicted octanol–water partition coefficient (Wildman–Crippen LogP) is 5.24. The molecule has 3 aromatic rings. The zero-order valence-electron chi connectivity index (χ0n) is 12.5. The zero-order chi connectivity index (χ0) is 16.6. The molecule has 5 heteroatoms. The van der Waals surface area contributed by atoms with Crippen molar-refractivity contribution in [1.29, 1.82) is 0 Å². The van der Waals surface area contributed by atoms with E-state index in [9.17, 15) is 9.90 Å². The molecule has 2 heterocycles. The molecule has 1 aromatic carbocycles. The van der Waals surface area contributed by atoms with Crippen LogP contribution in [0, 0.1) is 0 Å². The van der Waals surface area contributed by atoms with Crippen molar-refractivity contribution in [1.82, 2.24) is 4.40 Å². The average Bonchev–Trinajstić information content (AvgIpc) is 2.83. The van der Waals surface area contributed by atoms with E-state index in [0.29, 0.717) is 11.3 Å². The van der Waals surface area contributed by atoms with Gasteiger partial charge in [0.05, 0.1) is 16.2 Å². The Morgan fingerprint density at radius 2 is 2.09 bits per heavy atom. The third-order valence-corrected chi connectivity index (χ3v) is 4.99. The zero-order valence-corrected chi connectivity index (χ0v) is 14.9. The van der Waals surface area contributed by atoms with E-state index in [1.165, 1.54) is 12.1 Å². The molecule has 0 aliphatic heterocycles. The maximum absolute atomic E-state index is 13.1. The quantitative estimate of drug-likeness (QED) is 0.617. The number of nitrogens with zero attached hydrogens (tertiary/aromatic N) is 1. The number of ketones is 1. The summed E-state index contributed by atoms with van der Waals surface area (Å²) >= 11 is 9.58. The van der Waals surface area contributed by atoms with Gasteiger partial charge in [-0.05, 0) is 58.2 Å². The number of hydrogen-bond acceptors (Lipinski definition) is 2. The first-order chi connectivity index (χ1) is 11.0. The van der Waals surface area contributed by atoms with E-state index in [0.717, 1.165) is 28.4 Å². The summed E-state index contributed by atoms with van der Waals surface area (Å²) in [6.07, 6.45) is 3.62. The van der Waals surface area contributed by atoms with E-state index in [4.69, 9.17) is 11.6 Å². The first-order valence-corrected chi connectivity index (χ1v) is 8.52. The van der Waals surface area contributed by atoms with Gasteiger partial charge in [-0.3, -0.25) is 4.79 Å². The number of phenolic OH excluding ortho intramolecular Hbond substituents is 1. The predicted molar refractivity (Wildman–Crippen MR) is 95.6 cm³/mol. The van der Waals surface area contributed by atoms with E-state index in [-0.39, 0.29) is 16.6 Å². The molecule has 0 atom stereocenters. The normalized spacial score (nSPS) is 11.1. The summed E-state index contributed by atoms with van der Waals surface area (Å²) in [4.78, 5) is 13.1. The highest BCUT2D eigenvalue weighted by molar-refractivity contribution is 9.10. The Labute approximate surface area is 147 Å². The number of benzene rings is 1. The highest BCUT2D eigenvalue weighted by atomic mass is 79.9. The first kappa shape index (κ1) is 16.1. The largest absolute Gasteiger partial charge is 0.506 e. The molecule has 3 nitrogen and oxygen atoms in total. The Morgan fingerprint density at radius 1 is 1.30 bits per heavy atom. The molecule has 0 unspecified atom stereocenters. The number of carbonyl (C=O) groups is 1. The number of pyridine rings is 1. The number of phenols is 1. The summed E-state index contributed by atoms with van der Waals surface area (Å²) in [5.74, 6) is -0.138. The molecule has 3 rings (SSSR count). The minimum Gasteiger partial charge on any atom is -0.506 e. The van der Waals surface area contributed by atoms with Crippen LogP contribution >= 0.6 is 27.5 Å². The fourth-order valence-electron chi connectivity index (χ4n) is 2.73. The van der Waals surface area contributed by atoms with Gasteiger partial charge in [0, 0.05) is 16.2 Å². The number of hydrogen-bond donors (Lipinski definition) is 1. The van der Waals surface area contributed by atoms with Crippen LogP contribution in [0.2, 0.25) is 5.02 Å². The minimum absolute atomic E-state index is 0.0294. The van der Waals surface area contributed by atoms with Gasteiger partial charge >= 0.3 is 0 Å². The molecule has 0 amide bonds. The van der Waals surface area contributed by atoms with E-state index >= 15 is 0 Å². The fourth-order valence-corrected chi connectivity index (χ4v) is 3.62. The van der Waals surface area contributed by atoms with Crippen LogP contribution in [-0.4, -0.2) is 15.3 Å². The van der Waals surface area contributed by atoms with Crippen LogP contribution in [0.3, 0.4) is 0 Å². The minimum atomic E-state index is -0.109. The lowest BCUT2D eigenvalue weighted by atomic mass is 10.0. The summed E-state index contributed by atoms with van der Waals surface area (Å²) in [6.45, 7) is 2.08. The molecule has 118 valence electrons. The highest BCUT2D eigenvalue weighted by Crippen LogP contribution is 2.32. The molecular weight excluding hydrogens is 378 g/mol. The van der Waals surface area contributed by atoms with E-state index in [1.807, 2.05) is 28.8 Å². The smallest absolute Gasteiger partial charge is 0.210 e. The Kier molecular flexibility index (Phi) is 4.46. The number of halogens is 2. The summed E-state index contributed by atoms with van der Waals surface area (Å²) in [7, 11) is 0. The molecule has 0 bridgehead atoms. The molecule has 0 radical (unpaired) electrons. The molecule has 0 spiro atoms. The maximum Gasteiger partial charge on any atom is 0.210 e. The molecule has 0 fully saturated rings. The van der Waals surface area contributed by atoms with Crippen molar-refractivity contribution >= 4 is 38.8 Å². The van der Waals surface area contributed by atoms with Gasteiger partial charge in [-0.2, -0.15) is 0 Å². The van der Waals surface area contributed by atoms with Gasteiger partial charge < -0.3 is 9.51 Å². The van der Waals surface area contributed by atoms with Crippen LogP contribution < -0.4 is 0 Å². The van der Waals surface area contributed by atoms with Crippen molar-refractivity contribution in [3.8, 4) is 5.75 Å². The number of rotatable bonds is 4. The van der Waals surface area contributed by atoms with Crippen LogP contribution in [0.5, 0.6) is 5.75 Å². The van der Waals surface area contributed by atoms with Crippen LogP contribution in [0.4, 0.5) is 0 Å². The molecule has 0 saturated carbocycles. The van der Waals surface area contributed by atoms with Crippen molar-refractivity contribution in [2.45, 2.75) is 19.8 Å². The lowest BCUT2D eigenvalue weighted by Crippen LogP contribution is -2.08.